The number of benzene rings is 3. The van der Waals surface area contributed by atoms with Gasteiger partial charge in [-0.15, -0.1) is 0 Å². The first-order valence-electron chi connectivity index (χ1n) is 5.16. The predicted molar refractivity (Wildman–Crippen MR) is 66.2 cm³/mol. The Morgan fingerprint density at radius 2 is 1.50 bits per heavy atom. The molecule has 2 nitrogen and oxygen atoms in total. The molecular formula is C14H9N2+. The number of fused-ring (bicyclic) bond motifs is 3. The molecule has 0 amide bonds. The zero-order valence-electron chi connectivity index (χ0n) is 8.59. The monoisotopic (exact) mass is 205 g/mol. The first kappa shape index (κ1) is 8.87. The van der Waals surface area contributed by atoms with E-state index in [0.717, 1.165) is 10.8 Å². The van der Waals surface area contributed by atoms with Crippen LogP contribution in [0.25, 0.3) is 26.5 Å². The smallest absolute Gasteiger partial charge is 0.0616 e. The summed E-state index contributed by atoms with van der Waals surface area (Å²) < 4.78 is 0. The van der Waals surface area contributed by atoms with Gasteiger partial charge in [0.2, 0.25) is 5.39 Å². The van der Waals surface area contributed by atoms with Crippen molar-refractivity contribution >= 4 is 27.2 Å². The highest BCUT2D eigenvalue weighted by Crippen LogP contribution is 2.31. The van der Waals surface area contributed by atoms with E-state index in [-0.39, 0.29) is 0 Å². The maximum atomic E-state index is 8.93. The molecule has 0 aromatic heterocycles. The fourth-order valence-electron chi connectivity index (χ4n) is 2.11. The van der Waals surface area contributed by atoms with Crippen molar-refractivity contribution in [3.05, 3.63) is 59.6 Å². The van der Waals surface area contributed by atoms with Gasteiger partial charge in [-0.3, -0.25) is 0 Å². The van der Waals surface area contributed by atoms with Crippen molar-refractivity contribution in [1.29, 1.82) is 5.39 Å². The summed E-state index contributed by atoms with van der Waals surface area (Å²) in [6, 6.07) is 18.0. The Hall–Kier alpha value is -2.40. The van der Waals surface area contributed by atoms with Gasteiger partial charge in [0.25, 0.3) is 0 Å². The maximum absolute atomic E-state index is 8.93. The molecule has 0 saturated carbocycles. The normalized spacial score (nSPS) is 10.4. The fraction of sp³-hybridized carbons (Fsp3) is 0. The van der Waals surface area contributed by atoms with Gasteiger partial charge in [0.05, 0.1) is 5.39 Å². The van der Waals surface area contributed by atoms with Crippen LogP contribution in [0.1, 0.15) is 0 Å². The minimum Gasteiger partial charge on any atom is -0.0616 e. The van der Waals surface area contributed by atoms with Gasteiger partial charge in [0.1, 0.15) is 0 Å². The topological polar surface area (TPSA) is 28.1 Å². The average molecular weight is 205 g/mol. The molecule has 0 aliphatic rings. The summed E-state index contributed by atoms with van der Waals surface area (Å²) in [7, 11) is 0. The third kappa shape index (κ3) is 1.15. The highest BCUT2D eigenvalue weighted by molar-refractivity contribution is 6.11. The highest BCUT2D eigenvalue weighted by atomic mass is 14.8. The molecule has 0 fully saturated rings. The van der Waals surface area contributed by atoms with Crippen LogP contribution in [-0.2, 0) is 0 Å². The summed E-state index contributed by atoms with van der Waals surface area (Å²) in [5.74, 6) is 0. The minimum absolute atomic E-state index is 0.614. The summed E-state index contributed by atoms with van der Waals surface area (Å²) in [4.78, 5) is 3.31. The maximum Gasteiger partial charge on any atom is 0.392 e. The molecule has 16 heavy (non-hydrogen) atoms. The second-order valence-electron chi connectivity index (χ2n) is 3.76. The number of nitrogens with zero attached hydrogens (tertiary/aromatic N) is 2. The Balaban J connectivity index is 2.58. The van der Waals surface area contributed by atoms with Crippen molar-refractivity contribution in [2.24, 2.45) is 0 Å². The first-order valence-corrected chi connectivity index (χ1v) is 5.16. The van der Waals surface area contributed by atoms with Gasteiger partial charge < -0.3 is 0 Å². The molecule has 0 heterocycles. The Morgan fingerprint density at radius 1 is 0.688 bits per heavy atom. The van der Waals surface area contributed by atoms with Gasteiger partial charge in [-0.1, -0.05) is 42.5 Å². The number of hydrogen-bond acceptors (Lipinski definition) is 1. The molecular weight excluding hydrogens is 196 g/mol. The molecule has 0 radical (unpaired) electrons. The lowest BCUT2D eigenvalue weighted by Crippen LogP contribution is -1.76. The Bertz CT molecular complexity index is 723. The van der Waals surface area contributed by atoms with E-state index in [1.165, 1.54) is 10.8 Å². The van der Waals surface area contributed by atoms with Crippen LogP contribution >= 0.6 is 0 Å². The van der Waals surface area contributed by atoms with Crippen LogP contribution in [0, 0.1) is 5.39 Å². The molecule has 0 aliphatic heterocycles. The summed E-state index contributed by atoms with van der Waals surface area (Å²) in [5.41, 5.74) is 0.614. The zero-order chi connectivity index (χ0) is 11.0. The van der Waals surface area contributed by atoms with Gasteiger partial charge >= 0.3 is 5.69 Å². The number of rotatable bonds is 0. The Morgan fingerprint density at radius 3 is 2.38 bits per heavy atom. The largest absolute Gasteiger partial charge is 0.392 e. The zero-order valence-corrected chi connectivity index (χ0v) is 8.59. The first-order chi connectivity index (χ1) is 7.90. The summed E-state index contributed by atoms with van der Waals surface area (Å²) in [6.45, 7) is 0. The molecule has 0 unspecified atom stereocenters. The van der Waals surface area contributed by atoms with Crippen LogP contribution < -0.4 is 0 Å². The summed E-state index contributed by atoms with van der Waals surface area (Å²) >= 11 is 0. The summed E-state index contributed by atoms with van der Waals surface area (Å²) in [6.07, 6.45) is 0. The van der Waals surface area contributed by atoms with E-state index in [9.17, 15) is 0 Å². The molecule has 0 saturated heterocycles. The van der Waals surface area contributed by atoms with E-state index >= 15 is 0 Å². The van der Waals surface area contributed by atoms with Gasteiger partial charge in [-0.05, 0) is 22.2 Å². The molecule has 74 valence electrons. The SMILES string of the molecule is N#[N+]c1cccc2c1ccc1ccccc12. The molecule has 0 bridgehead atoms. The molecule has 3 rings (SSSR count). The fourth-order valence-corrected chi connectivity index (χ4v) is 2.11. The molecule has 3 aromatic rings. The van der Waals surface area contributed by atoms with Crippen LogP contribution in [0.15, 0.2) is 54.6 Å². The lowest BCUT2D eigenvalue weighted by atomic mass is 10.0. The van der Waals surface area contributed by atoms with Crippen LogP contribution in [0.2, 0.25) is 0 Å². The van der Waals surface area contributed by atoms with Crippen LogP contribution in [0.3, 0.4) is 0 Å². The van der Waals surface area contributed by atoms with Crippen molar-refractivity contribution in [2.75, 3.05) is 0 Å². The van der Waals surface area contributed by atoms with E-state index in [2.05, 4.69) is 17.1 Å². The van der Waals surface area contributed by atoms with E-state index in [4.69, 9.17) is 5.39 Å². The van der Waals surface area contributed by atoms with Gasteiger partial charge in [0, 0.05) is 6.07 Å². The molecule has 3 aromatic carbocycles. The summed E-state index contributed by atoms with van der Waals surface area (Å²) in [5, 5.41) is 13.4. The van der Waals surface area contributed by atoms with Crippen LogP contribution in [-0.4, -0.2) is 0 Å². The average Bonchev–Trinajstić information content (AvgIpc) is 2.37. The third-order valence-corrected chi connectivity index (χ3v) is 2.87. The lowest BCUT2D eigenvalue weighted by molar-refractivity contribution is 1.47. The predicted octanol–water partition coefficient (Wildman–Crippen LogP) is 4.48. The van der Waals surface area contributed by atoms with Gasteiger partial charge in [0.15, 0.2) is 4.98 Å². The lowest BCUT2D eigenvalue weighted by Gasteiger charge is -2.00. The van der Waals surface area contributed by atoms with Crippen molar-refractivity contribution in [3.63, 3.8) is 0 Å². The van der Waals surface area contributed by atoms with E-state index in [1.807, 2.05) is 36.4 Å². The standard InChI is InChI=1S/C14H9N2/c15-16-14-7-3-6-12-11-5-2-1-4-10(11)8-9-13(12)14/h1-9H/q+1. The molecule has 0 N–H and O–H groups in total. The highest BCUT2D eigenvalue weighted by Gasteiger charge is 2.11. The van der Waals surface area contributed by atoms with Crippen molar-refractivity contribution < 1.29 is 0 Å². The number of diazo groups is 1. The van der Waals surface area contributed by atoms with Crippen molar-refractivity contribution in [2.45, 2.75) is 0 Å². The molecule has 0 atom stereocenters. The molecule has 0 spiro atoms. The quantitative estimate of drug-likeness (QED) is 0.393. The van der Waals surface area contributed by atoms with Crippen molar-refractivity contribution in [3.8, 4) is 0 Å². The van der Waals surface area contributed by atoms with Crippen LogP contribution in [0.5, 0.6) is 0 Å². The molecule has 2 heteroatoms. The second kappa shape index (κ2) is 3.32. The van der Waals surface area contributed by atoms with E-state index < -0.39 is 0 Å². The van der Waals surface area contributed by atoms with Gasteiger partial charge in [-0.2, -0.15) is 0 Å². The van der Waals surface area contributed by atoms with Crippen molar-refractivity contribution in [1.82, 2.24) is 0 Å². The minimum atomic E-state index is 0.614. The van der Waals surface area contributed by atoms with E-state index in [0.29, 0.717) is 5.69 Å². The van der Waals surface area contributed by atoms with E-state index in [1.54, 1.807) is 6.07 Å². The number of hydrogen-bond donors (Lipinski definition) is 0. The second-order valence-corrected chi connectivity index (χ2v) is 3.76. The van der Waals surface area contributed by atoms with Crippen LogP contribution in [0.4, 0.5) is 5.69 Å². The Labute approximate surface area is 92.8 Å². The third-order valence-electron chi connectivity index (χ3n) is 2.87. The Kier molecular flexibility index (Phi) is 1.84. The molecule has 0 aliphatic carbocycles. The van der Waals surface area contributed by atoms with Gasteiger partial charge in [-0.25, -0.2) is 0 Å².